The Hall–Kier alpha value is -2.33. The number of ketones is 1. The van der Waals surface area contributed by atoms with E-state index in [9.17, 15) is 14.7 Å². The van der Waals surface area contributed by atoms with Gasteiger partial charge in [-0.15, -0.1) is 0 Å². The standard InChI is InChI=1S/C17H15ClO4/c1-17(16(20)21,22-14-5-3-2-4-6-14)11-15(19)12-7-9-13(18)10-8-12/h2-10H,11H2,1H3,(H,20,21). The van der Waals surface area contributed by atoms with Crippen molar-refractivity contribution in [3.8, 4) is 5.75 Å². The fourth-order valence-corrected chi connectivity index (χ4v) is 2.07. The van der Waals surface area contributed by atoms with Crippen LogP contribution in [0.15, 0.2) is 54.6 Å². The molecular weight excluding hydrogens is 304 g/mol. The number of benzene rings is 2. The molecule has 0 aliphatic heterocycles. The van der Waals surface area contributed by atoms with E-state index in [2.05, 4.69) is 0 Å². The summed E-state index contributed by atoms with van der Waals surface area (Å²) in [5, 5.41) is 9.95. The zero-order chi connectivity index (χ0) is 16.2. The van der Waals surface area contributed by atoms with Crippen molar-refractivity contribution >= 4 is 23.4 Å². The lowest BCUT2D eigenvalue weighted by molar-refractivity contribution is -0.153. The molecule has 0 radical (unpaired) electrons. The number of halogens is 1. The maximum atomic E-state index is 12.3. The topological polar surface area (TPSA) is 63.6 Å². The van der Waals surface area contributed by atoms with Crippen molar-refractivity contribution in [1.29, 1.82) is 0 Å². The molecule has 114 valence electrons. The highest BCUT2D eigenvalue weighted by Crippen LogP contribution is 2.24. The Morgan fingerprint density at radius 3 is 2.23 bits per heavy atom. The molecule has 0 saturated carbocycles. The molecule has 0 fully saturated rings. The van der Waals surface area contributed by atoms with Gasteiger partial charge in [-0.25, -0.2) is 4.79 Å². The van der Waals surface area contributed by atoms with Crippen molar-refractivity contribution in [2.24, 2.45) is 0 Å². The number of carbonyl (C=O) groups is 2. The SMILES string of the molecule is CC(CC(=O)c1ccc(Cl)cc1)(Oc1ccccc1)C(=O)O. The van der Waals surface area contributed by atoms with Gasteiger partial charge in [0.2, 0.25) is 5.60 Å². The first-order valence-corrected chi connectivity index (χ1v) is 7.05. The predicted octanol–water partition coefficient (Wildman–Crippen LogP) is 3.84. The normalized spacial score (nSPS) is 13.2. The van der Waals surface area contributed by atoms with Crippen LogP contribution in [0.5, 0.6) is 5.75 Å². The van der Waals surface area contributed by atoms with Crippen LogP contribution in [-0.4, -0.2) is 22.5 Å². The van der Waals surface area contributed by atoms with Crippen LogP contribution in [0.3, 0.4) is 0 Å². The van der Waals surface area contributed by atoms with Gasteiger partial charge in [0, 0.05) is 10.6 Å². The summed E-state index contributed by atoms with van der Waals surface area (Å²) in [6.07, 6.45) is -0.279. The summed E-state index contributed by atoms with van der Waals surface area (Å²) in [5.41, 5.74) is -1.24. The maximum absolute atomic E-state index is 12.3. The zero-order valence-electron chi connectivity index (χ0n) is 12.0. The summed E-state index contributed by atoms with van der Waals surface area (Å²) in [7, 11) is 0. The van der Waals surface area contributed by atoms with Gasteiger partial charge in [0.05, 0.1) is 6.42 Å². The van der Waals surface area contributed by atoms with Crippen LogP contribution < -0.4 is 4.74 Å². The van der Waals surface area contributed by atoms with Crippen LogP contribution in [0.1, 0.15) is 23.7 Å². The number of para-hydroxylation sites is 1. The Morgan fingerprint density at radius 1 is 1.09 bits per heavy atom. The molecule has 0 aliphatic carbocycles. The molecule has 1 atom stereocenters. The van der Waals surface area contributed by atoms with Crippen molar-refractivity contribution < 1.29 is 19.4 Å². The predicted molar refractivity (Wildman–Crippen MR) is 83.5 cm³/mol. The minimum Gasteiger partial charge on any atom is -0.478 e. The van der Waals surface area contributed by atoms with E-state index in [1.807, 2.05) is 0 Å². The van der Waals surface area contributed by atoms with Crippen LogP contribution in [0.25, 0.3) is 0 Å². The van der Waals surface area contributed by atoms with Crippen LogP contribution in [0, 0.1) is 0 Å². The maximum Gasteiger partial charge on any atom is 0.348 e. The molecule has 4 nitrogen and oxygen atoms in total. The number of aliphatic carboxylic acids is 1. The van der Waals surface area contributed by atoms with Crippen molar-refractivity contribution in [2.45, 2.75) is 18.9 Å². The van der Waals surface area contributed by atoms with Crippen LogP contribution in [0.4, 0.5) is 0 Å². The number of carboxylic acids is 1. The fraction of sp³-hybridized carbons (Fsp3) is 0.176. The molecule has 0 heterocycles. The molecule has 0 aliphatic rings. The monoisotopic (exact) mass is 318 g/mol. The second-order valence-electron chi connectivity index (χ2n) is 5.06. The Bertz CT molecular complexity index is 667. The van der Waals surface area contributed by atoms with Crippen molar-refractivity contribution in [3.05, 3.63) is 65.2 Å². The molecule has 2 aromatic rings. The Morgan fingerprint density at radius 2 is 1.68 bits per heavy atom. The Balaban J connectivity index is 2.19. The molecule has 22 heavy (non-hydrogen) atoms. The lowest BCUT2D eigenvalue weighted by Crippen LogP contribution is -2.43. The molecule has 0 bridgehead atoms. The second-order valence-corrected chi connectivity index (χ2v) is 5.49. The Kier molecular flexibility index (Phi) is 4.83. The van der Waals surface area contributed by atoms with E-state index in [0.29, 0.717) is 16.3 Å². The molecule has 5 heteroatoms. The van der Waals surface area contributed by atoms with Crippen LogP contribution in [-0.2, 0) is 4.79 Å². The Labute approximate surface area is 133 Å². The molecule has 1 N–H and O–H groups in total. The van der Waals surface area contributed by atoms with E-state index in [4.69, 9.17) is 16.3 Å². The van der Waals surface area contributed by atoms with E-state index < -0.39 is 11.6 Å². The summed E-state index contributed by atoms with van der Waals surface area (Å²) in [4.78, 5) is 23.8. The highest BCUT2D eigenvalue weighted by atomic mass is 35.5. The molecule has 0 saturated heterocycles. The highest BCUT2D eigenvalue weighted by molar-refractivity contribution is 6.30. The average molecular weight is 319 g/mol. The van der Waals surface area contributed by atoms with E-state index in [1.54, 1.807) is 54.6 Å². The van der Waals surface area contributed by atoms with Crippen molar-refractivity contribution in [2.75, 3.05) is 0 Å². The van der Waals surface area contributed by atoms with Gasteiger partial charge < -0.3 is 9.84 Å². The molecule has 0 spiro atoms. The van der Waals surface area contributed by atoms with E-state index in [1.165, 1.54) is 6.92 Å². The lowest BCUT2D eigenvalue weighted by atomic mass is 9.95. The van der Waals surface area contributed by atoms with Gasteiger partial charge in [0.15, 0.2) is 5.78 Å². The fourth-order valence-electron chi connectivity index (χ4n) is 1.95. The summed E-state index contributed by atoms with van der Waals surface area (Å²) in [6.45, 7) is 1.39. The first-order valence-electron chi connectivity index (χ1n) is 6.67. The van der Waals surface area contributed by atoms with Gasteiger partial charge >= 0.3 is 5.97 Å². The number of ether oxygens (including phenoxy) is 1. The molecule has 1 unspecified atom stereocenters. The zero-order valence-corrected chi connectivity index (χ0v) is 12.7. The summed E-state index contributed by atoms with van der Waals surface area (Å²) in [6, 6.07) is 14.9. The van der Waals surface area contributed by atoms with Gasteiger partial charge in [-0.2, -0.15) is 0 Å². The van der Waals surface area contributed by atoms with Gasteiger partial charge in [-0.3, -0.25) is 4.79 Å². The van der Waals surface area contributed by atoms with Gasteiger partial charge in [0.1, 0.15) is 5.75 Å². The quantitative estimate of drug-likeness (QED) is 0.822. The summed E-state index contributed by atoms with van der Waals surface area (Å²) < 4.78 is 5.53. The van der Waals surface area contributed by atoms with E-state index in [0.717, 1.165) is 0 Å². The third-order valence-electron chi connectivity index (χ3n) is 3.20. The first kappa shape index (κ1) is 16.0. The van der Waals surface area contributed by atoms with E-state index >= 15 is 0 Å². The third-order valence-corrected chi connectivity index (χ3v) is 3.45. The summed E-state index contributed by atoms with van der Waals surface area (Å²) in [5.74, 6) is -1.12. The number of hydrogen-bond donors (Lipinski definition) is 1. The summed E-state index contributed by atoms with van der Waals surface area (Å²) >= 11 is 5.78. The smallest absolute Gasteiger partial charge is 0.348 e. The minimum absolute atomic E-state index is 0.279. The molecule has 0 amide bonds. The van der Waals surface area contributed by atoms with Gasteiger partial charge in [-0.05, 0) is 43.3 Å². The largest absolute Gasteiger partial charge is 0.478 e. The molecule has 0 aromatic heterocycles. The highest BCUT2D eigenvalue weighted by Gasteiger charge is 2.38. The van der Waals surface area contributed by atoms with Gasteiger partial charge in [-0.1, -0.05) is 29.8 Å². The second kappa shape index (κ2) is 6.62. The van der Waals surface area contributed by atoms with Crippen LogP contribution in [0.2, 0.25) is 5.02 Å². The van der Waals surface area contributed by atoms with Gasteiger partial charge in [0.25, 0.3) is 0 Å². The van der Waals surface area contributed by atoms with Crippen molar-refractivity contribution in [1.82, 2.24) is 0 Å². The number of carboxylic acid groups (broad SMARTS) is 1. The number of hydrogen-bond acceptors (Lipinski definition) is 3. The van der Waals surface area contributed by atoms with Crippen LogP contribution >= 0.6 is 11.6 Å². The average Bonchev–Trinajstić information content (AvgIpc) is 2.48. The first-order chi connectivity index (χ1) is 10.4. The van der Waals surface area contributed by atoms with Crippen molar-refractivity contribution in [3.63, 3.8) is 0 Å². The molecule has 2 aromatic carbocycles. The third kappa shape index (κ3) is 3.86. The minimum atomic E-state index is -1.64. The molecular formula is C17H15ClO4. The number of rotatable bonds is 6. The molecule has 2 rings (SSSR count). The number of Topliss-reactive ketones (excluding diaryl/α,β-unsaturated/α-hetero) is 1. The van der Waals surface area contributed by atoms with E-state index in [-0.39, 0.29) is 12.2 Å². The lowest BCUT2D eigenvalue weighted by Gasteiger charge is -2.25. The number of carbonyl (C=O) groups excluding carboxylic acids is 1.